The van der Waals surface area contributed by atoms with E-state index in [-0.39, 0.29) is 13.2 Å². The summed E-state index contributed by atoms with van der Waals surface area (Å²) in [6.45, 7) is -3.84. The van der Waals surface area contributed by atoms with E-state index in [1.165, 1.54) is 0 Å². The molecule has 5 N–H and O–H groups in total. The molecule has 0 rings (SSSR count). The SMILES string of the molecule is NC[C@H](O)COP(O)(O)=S. The Morgan fingerprint density at radius 1 is 1.60 bits per heavy atom. The van der Waals surface area contributed by atoms with Crippen LogP contribution in [-0.4, -0.2) is 34.1 Å². The van der Waals surface area contributed by atoms with Gasteiger partial charge in [-0.3, -0.25) is 0 Å². The van der Waals surface area contributed by atoms with E-state index in [0.29, 0.717) is 0 Å². The summed E-state index contributed by atoms with van der Waals surface area (Å²) in [4.78, 5) is 16.9. The third kappa shape index (κ3) is 6.57. The van der Waals surface area contributed by atoms with Crippen LogP contribution in [0.25, 0.3) is 0 Å². The lowest BCUT2D eigenvalue weighted by Crippen LogP contribution is -2.24. The third-order valence-electron chi connectivity index (χ3n) is 0.707. The molecule has 0 aromatic carbocycles. The zero-order chi connectivity index (χ0) is 8.20. The van der Waals surface area contributed by atoms with Gasteiger partial charge in [-0.1, -0.05) is 0 Å². The fourth-order valence-corrected chi connectivity index (χ4v) is 0.800. The molecule has 10 heavy (non-hydrogen) atoms. The van der Waals surface area contributed by atoms with Gasteiger partial charge < -0.3 is 25.2 Å². The molecule has 1 atom stereocenters. The molecule has 0 saturated heterocycles. The van der Waals surface area contributed by atoms with Crippen molar-refractivity contribution in [1.82, 2.24) is 0 Å². The molecule has 0 aromatic heterocycles. The standard InChI is InChI=1S/C3H10NO4PS/c4-1-3(5)2-8-9(6,7)10/h3,5H,1-2,4H2,(H2,6,7,10)/t3-/m0/s1. The Morgan fingerprint density at radius 2 is 2.10 bits per heavy atom. The summed E-state index contributed by atoms with van der Waals surface area (Å²) in [5.74, 6) is 0. The van der Waals surface area contributed by atoms with E-state index in [1.54, 1.807) is 0 Å². The third-order valence-corrected chi connectivity index (χ3v) is 1.51. The highest BCUT2D eigenvalue weighted by atomic mass is 32.5. The first kappa shape index (κ1) is 10.4. The number of aliphatic hydroxyl groups is 1. The normalized spacial score (nSPS) is 15.2. The lowest BCUT2D eigenvalue weighted by Gasteiger charge is -2.10. The first-order valence-electron chi connectivity index (χ1n) is 2.54. The summed E-state index contributed by atoms with van der Waals surface area (Å²) in [5, 5.41) is 8.72. The van der Waals surface area contributed by atoms with E-state index >= 15 is 0 Å². The Labute approximate surface area is 63.7 Å². The Bertz CT molecular complexity index is 136. The van der Waals surface area contributed by atoms with Gasteiger partial charge in [0.1, 0.15) is 0 Å². The molecule has 0 radical (unpaired) electrons. The smallest absolute Gasteiger partial charge is 0.321 e. The van der Waals surface area contributed by atoms with Gasteiger partial charge in [0.05, 0.1) is 12.7 Å². The van der Waals surface area contributed by atoms with Crippen LogP contribution >= 0.6 is 6.72 Å². The molecule has 0 spiro atoms. The lowest BCUT2D eigenvalue weighted by molar-refractivity contribution is 0.104. The lowest BCUT2D eigenvalue weighted by atomic mass is 10.4. The van der Waals surface area contributed by atoms with Crippen LogP contribution in [0.2, 0.25) is 0 Å². The second-order valence-corrected chi connectivity index (χ2v) is 4.34. The molecular weight excluding hydrogens is 177 g/mol. The average molecular weight is 187 g/mol. The van der Waals surface area contributed by atoms with Gasteiger partial charge in [-0.2, -0.15) is 0 Å². The second-order valence-electron chi connectivity index (χ2n) is 1.68. The van der Waals surface area contributed by atoms with Crippen LogP contribution in [0.1, 0.15) is 0 Å². The topological polar surface area (TPSA) is 95.9 Å². The van der Waals surface area contributed by atoms with E-state index < -0.39 is 12.8 Å². The summed E-state index contributed by atoms with van der Waals surface area (Å²) in [6.07, 6.45) is -0.887. The zero-order valence-corrected chi connectivity index (χ0v) is 6.89. The molecule has 0 bridgehead atoms. The maximum atomic E-state index is 8.72. The minimum Gasteiger partial charge on any atom is -0.389 e. The number of nitrogens with two attached hydrogens (primary N) is 1. The predicted molar refractivity (Wildman–Crippen MR) is 39.7 cm³/mol. The molecule has 7 heteroatoms. The fraction of sp³-hybridized carbons (Fsp3) is 1.00. The average Bonchev–Trinajstić information content (AvgIpc) is 1.81. The van der Waals surface area contributed by atoms with Crippen LogP contribution < -0.4 is 5.73 Å². The minimum absolute atomic E-state index is 0.00926. The van der Waals surface area contributed by atoms with Crippen LogP contribution in [0.4, 0.5) is 0 Å². The Balaban J connectivity index is 3.46. The highest BCUT2D eigenvalue weighted by molar-refractivity contribution is 8.06. The maximum Gasteiger partial charge on any atom is 0.321 e. The van der Waals surface area contributed by atoms with E-state index in [1.807, 2.05) is 0 Å². The Hall–Kier alpha value is 0.450. The highest BCUT2D eigenvalue weighted by Gasteiger charge is 2.10. The van der Waals surface area contributed by atoms with Crippen LogP contribution in [0.3, 0.4) is 0 Å². The summed E-state index contributed by atoms with van der Waals surface area (Å²) in [6, 6.07) is 0. The number of hydrogen-bond acceptors (Lipinski definition) is 4. The van der Waals surface area contributed by atoms with Crippen molar-refractivity contribution in [1.29, 1.82) is 0 Å². The quantitative estimate of drug-likeness (QED) is 0.401. The van der Waals surface area contributed by atoms with Crippen molar-refractivity contribution < 1.29 is 19.4 Å². The zero-order valence-electron chi connectivity index (χ0n) is 5.17. The fourth-order valence-electron chi connectivity index (χ4n) is 0.251. The number of rotatable bonds is 4. The highest BCUT2D eigenvalue weighted by Crippen LogP contribution is 2.36. The molecule has 0 aliphatic rings. The van der Waals surface area contributed by atoms with Gasteiger partial charge in [0.25, 0.3) is 0 Å². The van der Waals surface area contributed by atoms with Gasteiger partial charge in [-0.05, 0) is 11.8 Å². The molecule has 0 unspecified atom stereocenters. The van der Waals surface area contributed by atoms with Gasteiger partial charge in [0, 0.05) is 6.54 Å². The summed E-state index contributed by atoms with van der Waals surface area (Å²) in [7, 11) is 0. The Kier molecular flexibility index (Phi) is 4.55. The van der Waals surface area contributed by atoms with Crippen molar-refractivity contribution in [2.75, 3.05) is 13.2 Å². The molecule has 0 aromatic rings. The number of aliphatic hydroxyl groups excluding tert-OH is 1. The van der Waals surface area contributed by atoms with Crippen LogP contribution in [0, 0.1) is 0 Å². The molecule has 0 saturated carbocycles. The maximum absolute atomic E-state index is 8.72. The van der Waals surface area contributed by atoms with Crippen molar-refractivity contribution in [3.05, 3.63) is 0 Å². The first-order chi connectivity index (χ1) is 4.45. The van der Waals surface area contributed by atoms with Gasteiger partial charge in [0.15, 0.2) is 0 Å². The van der Waals surface area contributed by atoms with Crippen LogP contribution in [0.5, 0.6) is 0 Å². The Morgan fingerprint density at radius 3 is 2.40 bits per heavy atom. The minimum atomic E-state index is -3.61. The molecule has 0 fully saturated rings. The summed E-state index contributed by atoms with van der Waals surface area (Å²) < 4.78 is 4.29. The van der Waals surface area contributed by atoms with Gasteiger partial charge in [-0.25, -0.2) is 0 Å². The van der Waals surface area contributed by atoms with E-state index in [2.05, 4.69) is 16.3 Å². The second kappa shape index (κ2) is 4.35. The van der Waals surface area contributed by atoms with Crippen molar-refractivity contribution in [2.24, 2.45) is 5.73 Å². The summed E-state index contributed by atoms with van der Waals surface area (Å²) >= 11 is 4.10. The van der Waals surface area contributed by atoms with Crippen LogP contribution in [-0.2, 0) is 16.3 Å². The molecule has 62 valence electrons. The predicted octanol–water partition coefficient (Wildman–Crippen LogP) is -1.47. The molecule has 0 amide bonds. The van der Waals surface area contributed by atoms with Gasteiger partial charge in [-0.15, -0.1) is 0 Å². The molecule has 5 nitrogen and oxygen atoms in total. The van der Waals surface area contributed by atoms with Gasteiger partial charge in [0.2, 0.25) is 0 Å². The van der Waals surface area contributed by atoms with E-state index in [4.69, 9.17) is 20.6 Å². The monoisotopic (exact) mass is 187 g/mol. The molecular formula is C3H10NO4PS. The molecule has 0 aliphatic heterocycles. The van der Waals surface area contributed by atoms with E-state index in [9.17, 15) is 0 Å². The number of hydrogen-bond donors (Lipinski definition) is 4. The first-order valence-corrected chi connectivity index (χ1v) is 5.16. The van der Waals surface area contributed by atoms with Crippen molar-refractivity contribution >= 4 is 18.5 Å². The van der Waals surface area contributed by atoms with Gasteiger partial charge >= 0.3 is 6.72 Å². The largest absolute Gasteiger partial charge is 0.389 e. The molecule has 0 heterocycles. The molecule has 0 aliphatic carbocycles. The van der Waals surface area contributed by atoms with E-state index in [0.717, 1.165) is 0 Å². The summed E-state index contributed by atoms with van der Waals surface area (Å²) in [5.41, 5.74) is 4.99. The van der Waals surface area contributed by atoms with Crippen molar-refractivity contribution in [3.63, 3.8) is 0 Å². The van der Waals surface area contributed by atoms with Crippen molar-refractivity contribution in [3.8, 4) is 0 Å². The van der Waals surface area contributed by atoms with Crippen LogP contribution in [0.15, 0.2) is 0 Å². The van der Waals surface area contributed by atoms with Crippen molar-refractivity contribution in [2.45, 2.75) is 6.10 Å².